The van der Waals surface area contributed by atoms with Crippen molar-refractivity contribution in [3.8, 4) is 11.8 Å². The highest BCUT2D eigenvalue weighted by Crippen LogP contribution is 2.32. The zero-order valence-electron chi connectivity index (χ0n) is 17.2. The predicted molar refractivity (Wildman–Crippen MR) is 117 cm³/mol. The largest absolute Gasteiger partial charge is 0.496 e. The zero-order chi connectivity index (χ0) is 24.1. The molecule has 1 aromatic carbocycles. The minimum atomic E-state index is -2.87. The van der Waals surface area contributed by atoms with Gasteiger partial charge in [-0.3, -0.25) is 0 Å². The number of nitriles is 1. The summed E-state index contributed by atoms with van der Waals surface area (Å²) in [5, 5.41) is 19.3. The van der Waals surface area contributed by atoms with Gasteiger partial charge in [0.2, 0.25) is 10.6 Å². The predicted octanol–water partition coefficient (Wildman–Crippen LogP) is 5.57. The third-order valence-electron chi connectivity index (χ3n) is 4.40. The molecule has 2 aromatic heterocycles. The third-order valence-corrected chi connectivity index (χ3v) is 5.69. The van der Waals surface area contributed by atoms with E-state index in [1.54, 1.807) is 25.1 Å². The van der Waals surface area contributed by atoms with Crippen LogP contribution in [0, 0.1) is 23.0 Å². The van der Waals surface area contributed by atoms with Gasteiger partial charge in [-0.1, -0.05) is 0 Å². The van der Waals surface area contributed by atoms with Crippen LogP contribution in [0.5, 0.6) is 5.75 Å². The lowest BCUT2D eigenvalue weighted by Crippen LogP contribution is -2.00. The smallest absolute Gasteiger partial charge is 0.299 e. The molecule has 0 bridgehead atoms. The highest BCUT2D eigenvalue weighted by atomic mass is 32.2. The molecule has 0 saturated carbocycles. The molecule has 7 nitrogen and oxygen atoms in total. The molecule has 0 aliphatic carbocycles. The summed E-state index contributed by atoms with van der Waals surface area (Å²) in [6.07, 6.45) is -4.31. The quantitative estimate of drug-likeness (QED) is 0.190. The average Bonchev–Trinajstić information content (AvgIpc) is 3.16. The molecule has 0 fully saturated rings. The first-order valence-corrected chi connectivity index (χ1v) is 10.6. The van der Waals surface area contributed by atoms with Gasteiger partial charge >= 0.3 is 0 Å². The summed E-state index contributed by atoms with van der Waals surface area (Å²) in [5.41, 5.74) is 1.41. The number of nitrogens with zero attached hydrogens (tertiary/aromatic N) is 5. The van der Waals surface area contributed by atoms with E-state index < -0.39 is 24.4 Å². The van der Waals surface area contributed by atoms with E-state index in [2.05, 4.69) is 20.3 Å². The second kappa shape index (κ2) is 10.6. The molecule has 0 amide bonds. The van der Waals surface area contributed by atoms with E-state index in [0.717, 1.165) is 16.4 Å². The van der Waals surface area contributed by atoms with Gasteiger partial charge in [-0.05, 0) is 54.5 Å². The van der Waals surface area contributed by atoms with Crippen LogP contribution >= 0.6 is 24.0 Å². The van der Waals surface area contributed by atoms with Crippen molar-refractivity contribution in [1.29, 1.82) is 5.26 Å². The summed E-state index contributed by atoms with van der Waals surface area (Å²) in [6.45, 7) is 1.57. The maximum absolute atomic E-state index is 13.2. The number of hydrogen-bond acceptors (Lipinski definition) is 7. The second-order valence-corrected chi connectivity index (χ2v) is 7.91. The lowest BCUT2D eigenvalue weighted by molar-refractivity contribution is 0.136. The molecule has 0 aliphatic heterocycles. The van der Waals surface area contributed by atoms with Gasteiger partial charge in [-0.25, -0.2) is 27.6 Å². The lowest BCUT2D eigenvalue weighted by atomic mass is 10.1. The maximum Gasteiger partial charge on any atom is 0.299 e. The minimum absolute atomic E-state index is 0.0878. The molecule has 33 heavy (non-hydrogen) atoms. The van der Waals surface area contributed by atoms with Crippen LogP contribution in [0.15, 0.2) is 34.4 Å². The Morgan fingerprint density at radius 1 is 1.30 bits per heavy atom. The van der Waals surface area contributed by atoms with Crippen LogP contribution in [0.1, 0.15) is 46.6 Å². The summed E-state index contributed by atoms with van der Waals surface area (Å²) in [4.78, 5) is 3.93. The molecule has 13 heteroatoms. The van der Waals surface area contributed by atoms with Crippen molar-refractivity contribution in [3.05, 3.63) is 62.8 Å². The van der Waals surface area contributed by atoms with Gasteiger partial charge in [-0.2, -0.15) is 20.1 Å². The number of nitrogens with one attached hydrogen (secondary N) is 1. The van der Waals surface area contributed by atoms with Crippen molar-refractivity contribution in [2.24, 2.45) is 5.10 Å². The molecule has 0 saturated heterocycles. The van der Waals surface area contributed by atoms with Gasteiger partial charge in [0, 0.05) is 11.3 Å². The highest BCUT2D eigenvalue weighted by Gasteiger charge is 2.18. The molecule has 0 atom stereocenters. The zero-order valence-corrected chi connectivity index (χ0v) is 18.9. The van der Waals surface area contributed by atoms with Gasteiger partial charge in [-0.15, -0.1) is 11.8 Å². The summed E-state index contributed by atoms with van der Waals surface area (Å²) < 4.78 is 58.5. The van der Waals surface area contributed by atoms with E-state index in [4.69, 9.17) is 17.0 Å². The number of aryl methyl sites for hydroxylation is 1. The van der Waals surface area contributed by atoms with Crippen LogP contribution in [0.25, 0.3) is 0 Å². The van der Waals surface area contributed by atoms with Crippen molar-refractivity contribution in [3.63, 3.8) is 0 Å². The first-order valence-electron chi connectivity index (χ1n) is 9.24. The van der Waals surface area contributed by atoms with Crippen LogP contribution in [-0.2, 0) is 5.75 Å². The van der Waals surface area contributed by atoms with Gasteiger partial charge in [0.1, 0.15) is 22.5 Å². The van der Waals surface area contributed by atoms with Gasteiger partial charge < -0.3 is 4.74 Å². The van der Waals surface area contributed by atoms with E-state index in [-0.39, 0.29) is 21.1 Å². The number of pyridine rings is 1. The Morgan fingerprint density at radius 2 is 2.06 bits per heavy atom. The Labute approximate surface area is 195 Å². The molecule has 172 valence electrons. The van der Waals surface area contributed by atoms with Crippen molar-refractivity contribution >= 4 is 30.2 Å². The summed E-state index contributed by atoms with van der Waals surface area (Å²) in [5.74, 6) is 0.129. The van der Waals surface area contributed by atoms with Crippen molar-refractivity contribution < 1.29 is 22.3 Å². The minimum Gasteiger partial charge on any atom is -0.496 e. The molecule has 3 aromatic rings. The molecule has 2 heterocycles. The second-order valence-electron chi connectivity index (χ2n) is 6.56. The molecular formula is C20H16F4N6OS2. The molecule has 1 N–H and O–H groups in total. The first-order chi connectivity index (χ1) is 15.7. The number of hydrogen-bond donors (Lipinski definition) is 1. The van der Waals surface area contributed by atoms with Crippen molar-refractivity contribution in [2.45, 2.75) is 30.6 Å². The molecule has 3 rings (SSSR count). The molecular weight excluding hydrogens is 480 g/mol. The number of aromatic amines is 1. The number of alkyl halides is 4. The summed E-state index contributed by atoms with van der Waals surface area (Å²) >= 11 is 6.03. The Bertz CT molecular complexity index is 1280. The van der Waals surface area contributed by atoms with Crippen LogP contribution in [-0.4, -0.2) is 33.2 Å². The number of aromatic nitrogens is 4. The Kier molecular flexibility index (Phi) is 7.83. The number of ether oxygens (including phenoxy) is 1. The van der Waals surface area contributed by atoms with Crippen LogP contribution in [0.2, 0.25) is 0 Å². The standard InChI is InChI=1S/C20H16F4N6OS2/c1-10-5-14(16(21)22)27-19(13(10)7-25)33-9-12-6-11(3-4-15(12)31-2)8-26-30-18(17(23)24)28-29-20(30)32/h3-6,8,16-17H,9H2,1-2H3,(H,29,32)/b26-8+. The first kappa shape index (κ1) is 24.4. The average molecular weight is 497 g/mol. The Balaban J connectivity index is 1.90. The van der Waals surface area contributed by atoms with Crippen molar-refractivity contribution in [1.82, 2.24) is 19.9 Å². The lowest BCUT2D eigenvalue weighted by Gasteiger charge is -2.11. The Morgan fingerprint density at radius 3 is 2.70 bits per heavy atom. The highest BCUT2D eigenvalue weighted by molar-refractivity contribution is 7.98. The van der Waals surface area contributed by atoms with Crippen LogP contribution in [0.4, 0.5) is 17.6 Å². The van der Waals surface area contributed by atoms with Gasteiger partial charge in [0.25, 0.3) is 12.9 Å². The third kappa shape index (κ3) is 5.58. The van der Waals surface area contributed by atoms with E-state index in [9.17, 15) is 22.8 Å². The monoisotopic (exact) mass is 496 g/mol. The fourth-order valence-corrected chi connectivity index (χ4v) is 4.06. The molecule has 0 aliphatic rings. The number of thioether (sulfide) groups is 1. The van der Waals surface area contributed by atoms with E-state index in [0.29, 0.717) is 22.4 Å². The molecule has 0 unspecified atom stereocenters. The van der Waals surface area contributed by atoms with Crippen LogP contribution in [0.3, 0.4) is 0 Å². The molecule has 0 radical (unpaired) electrons. The van der Waals surface area contributed by atoms with E-state index >= 15 is 0 Å². The van der Waals surface area contributed by atoms with Gasteiger partial charge in [0.15, 0.2) is 0 Å². The van der Waals surface area contributed by atoms with E-state index in [1.807, 2.05) is 6.07 Å². The molecule has 0 spiro atoms. The fourth-order valence-electron chi connectivity index (χ4n) is 2.84. The number of methoxy groups -OCH3 is 1. The summed E-state index contributed by atoms with van der Waals surface area (Å²) in [7, 11) is 1.47. The maximum atomic E-state index is 13.2. The van der Waals surface area contributed by atoms with Gasteiger partial charge in [0.05, 0.1) is 18.9 Å². The fraction of sp³-hybridized carbons (Fsp3) is 0.250. The number of benzene rings is 1. The topological polar surface area (TPSA) is 91.9 Å². The van der Waals surface area contributed by atoms with Crippen molar-refractivity contribution in [2.75, 3.05) is 7.11 Å². The van der Waals surface area contributed by atoms with Crippen LogP contribution < -0.4 is 4.74 Å². The number of halogens is 4. The SMILES string of the molecule is COc1ccc(/C=N/n2c(C(F)F)n[nH]c2=S)cc1CSc1nc(C(F)F)cc(C)c1C#N. The Hall–Kier alpha value is -3.24. The number of H-pyrrole nitrogens is 1. The summed E-state index contributed by atoms with van der Waals surface area (Å²) in [6, 6.07) is 8.19. The van der Waals surface area contributed by atoms with E-state index in [1.165, 1.54) is 19.4 Å². The normalized spacial score (nSPS) is 11.5. The number of rotatable bonds is 8.